The molecule has 0 amide bonds. The van der Waals surface area contributed by atoms with Gasteiger partial charge in [-0.25, -0.2) is 4.79 Å². The molecule has 2 fully saturated rings. The molecule has 3 rings (SSSR count). The number of hydrogen-bond acceptors (Lipinski definition) is 9. The third-order valence-electron chi connectivity index (χ3n) is 4.86. The molecule has 9 heteroatoms. The number of rotatable bonds is 5. The van der Waals surface area contributed by atoms with Gasteiger partial charge in [-0.15, -0.1) is 0 Å². The van der Waals surface area contributed by atoms with Crippen molar-refractivity contribution in [2.45, 2.75) is 63.8 Å². The predicted octanol–water partition coefficient (Wildman–Crippen LogP) is 1.53. The lowest BCUT2D eigenvalue weighted by molar-refractivity contribution is -0.246. The zero-order chi connectivity index (χ0) is 21.2. The standard InChI is InChI=1S/C20H22O9/c1-11(21)25-16-17(26-12(2)22)20(29-19(16)27-13(3)23)10-9-15(20)28-18(24)14-7-5-4-6-8-14/h4-8,15-17,19H,9-10H2,1-3H3/t15-,16?,17?,19?,20-/m0/s1. The number of carbonyl (C=O) groups is 4. The van der Waals surface area contributed by atoms with Crippen molar-refractivity contribution in [3.8, 4) is 0 Å². The first-order chi connectivity index (χ1) is 13.7. The molecule has 0 radical (unpaired) electrons. The largest absolute Gasteiger partial charge is 0.456 e. The van der Waals surface area contributed by atoms with Crippen LogP contribution >= 0.6 is 0 Å². The lowest BCUT2D eigenvalue weighted by atomic mass is 9.72. The first-order valence-electron chi connectivity index (χ1n) is 9.18. The second-order valence-corrected chi connectivity index (χ2v) is 6.95. The Labute approximate surface area is 167 Å². The second kappa shape index (κ2) is 8.20. The summed E-state index contributed by atoms with van der Waals surface area (Å²) in [5, 5.41) is 0. The van der Waals surface area contributed by atoms with Gasteiger partial charge in [0.05, 0.1) is 5.56 Å². The zero-order valence-corrected chi connectivity index (χ0v) is 16.3. The molecule has 156 valence electrons. The van der Waals surface area contributed by atoms with Gasteiger partial charge >= 0.3 is 23.9 Å². The number of hydrogen-bond donors (Lipinski definition) is 0. The molecule has 1 aromatic rings. The van der Waals surface area contributed by atoms with E-state index in [2.05, 4.69) is 0 Å². The van der Waals surface area contributed by atoms with Gasteiger partial charge in [0.15, 0.2) is 11.7 Å². The van der Waals surface area contributed by atoms with Crippen molar-refractivity contribution in [1.82, 2.24) is 0 Å². The number of esters is 4. The van der Waals surface area contributed by atoms with Crippen LogP contribution in [0.15, 0.2) is 30.3 Å². The van der Waals surface area contributed by atoms with Gasteiger partial charge in [-0.3, -0.25) is 14.4 Å². The summed E-state index contributed by atoms with van der Waals surface area (Å²) in [4.78, 5) is 47.2. The minimum atomic E-state index is -1.29. The second-order valence-electron chi connectivity index (χ2n) is 6.95. The molecule has 9 nitrogen and oxygen atoms in total. The molecule has 0 N–H and O–H groups in total. The van der Waals surface area contributed by atoms with E-state index < -0.39 is 54.1 Å². The fraction of sp³-hybridized carbons (Fsp3) is 0.500. The van der Waals surface area contributed by atoms with E-state index >= 15 is 0 Å². The maximum atomic E-state index is 12.5. The van der Waals surface area contributed by atoms with Gasteiger partial charge in [0, 0.05) is 20.8 Å². The maximum absolute atomic E-state index is 12.5. The van der Waals surface area contributed by atoms with Gasteiger partial charge in [0.25, 0.3) is 0 Å². The molecule has 1 aliphatic carbocycles. The van der Waals surface area contributed by atoms with Gasteiger partial charge in [-0.05, 0) is 25.0 Å². The molecule has 5 atom stereocenters. The summed E-state index contributed by atoms with van der Waals surface area (Å²) < 4.78 is 27.3. The normalized spacial score (nSPS) is 30.2. The number of carbonyl (C=O) groups excluding carboxylic acids is 4. The van der Waals surface area contributed by atoms with Crippen LogP contribution in [0.4, 0.5) is 0 Å². The number of benzene rings is 1. The van der Waals surface area contributed by atoms with Crippen LogP contribution in [0.1, 0.15) is 44.0 Å². The Kier molecular flexibility index (Phi) is 5.88. The van der Waals surface area contributed by atoms with Crippen molar-refractivity contribution in [2.24, 2.45) is 0 Å². The Morgan fingerprint density at radius 1 is 0.897 bits per heavy atom. The molecule has 1 heterocycles. The van der Waals surface area contributed by atoms with Crippen LogP contribution in [0, 0.1) is 0 Å². The summed E-state index contributed by atoms with van der Waals surface area (Å²) in [6.07, 6.45) is -3.56. The maximum Gasteiger partial charge on any atom is 0.338 e. The van der Waals surface area contributed by atoms with Crippen LogP contribution in [0.5, 0.6) is 0 Å². The molecular formula is C20H22O9. The Balaban J connectivity index is 1.87. The summed E-state index contributed by atoms with van der Waals surface area (Å²) in [6.45, 7) is 3.55. The molecule has 3 unspecified atom stereocenters. The van der Waals surface area contributed by atoms with Gasteiger partial charge in [-0.2, -0.15) is 0 Å². The van der Waals surface area contributed by atoms with Crippen molar-refractivity contribution in [3.05, 3.63) is 35.9 Å². The summed E-state index contributed by atoms with van der Waals surface area (Å²) >= 11 is 0. The smallest absolute Gasteiger partial charge is 0.338 e. The average molecular weight is 406 g/mol. The fourth-order valence-electron chi connectivity index (χ4n) is 3.62. The van der Waals surface area contributed by atoms with Crippen molar-refractivity contribution in [3.63, 3.8) is 0 Å². The minimum absolute atomic E-state index is 0.352. The SMILES string of the molecule is CC(=O)OC1O[C@]2(CC[C@@H]2OC(=O)c2ccccc2)C(OC(C)=O)C1OC(C)=O. The predicted molar refractivity (Wildman–Crippen MR) is 95.4 cm³/mol. The van der Waals surface area contributed by atoms with Gasteiger partial charge in [0.2, 0.25) is 12.4 Å². The van der Waals surface area contributed by atoms with E-state index in [9.17, 15) is 19.2 Å². The Hall–Kier alpha value is -2.94. The van der Waals surface area contributed by atoms with E-state index in [1.165, 1.54) is 20.8 Å². The van der Waals surface area contributed by atoms with Crippen molar-refractivity contribution >= 4 is 23.9 Å². The van der Waals surface area contributed by atoms with Crippen LogP contribution < -0.4 is 0 Å². The summed E-state index contributed by atoms with van der Waals surface area (Å²) in [5.41, 5.74) is -0.930. The highest BCUT2D eigenvalue weighted by atomic mass is 16.8. The third-order valence-corrected chi connectivity index (χ3v) is 4.86. The van der Waals surface area contributed by atoms with Crippen molar-refractivity contribution < 1.29 is 42.9 Å². The van der Waals surface area contributed by atoms with E-state index in [-0.39, 0.29) is 0 Å². The van der Waals surface area contributed by atoms with Crippen LogP contribution in [-0.4, -0.2) is 54.1 Å². The quantitative estimate of drug-likeness (QED) is 0.530. The molecule has 1 saturated carbocycles. The fourth-order valence-corrected chi connectivity index (χ4v) is 3.62. The molecule has 0 aromatic heterocycles. The van der Waals surface area contributed by atoms with E-state index in [0.717, 1.165) is 0 Å². The monoisotopic (exact) mass is 406 g/mol. The Bertz CT molecular complexity index is 805. The Morgan fingerprint density at radius 3 is 2.03 bits per heavy atom. The van der Waals surface area contributed by atoms with Crippen LogP contribution in [0.3, 0.4) is 0 Å². The van der Waals surface area contributed by atoms with E-state index in [0.29, 0.717) is 18.4 Å². The summed E-state index contributed by atoms with van der Waals surface area (Å²) in [6, 6.07) is 8.39. The molecule has 1 aromatic carbocycles. The summed E-state index contributed by atoms with van der Waals surface area (Å²) in [5.74, 6) is -2.54. The highest BCUT2D eigenvalue weighted by molar-refractivity contribution is 5.89. The lowest BCUT2D eigenvalue weighted by Crippen LogP contribution is -2.62. The third kappa shape index (κ3) is 4.24. The zero-order valence-electron chi connectivity index (χ0n) is 16.3. The summed E-state index contributed by atoms with van der Waals surface area (Å²) in [7, 11) is 0. The van der Waals surface area contributed by atoms with Gasteiger partial charge < -0.3 is 23.7 Å². The molecule has 1 spiro atoms. The molecule has 0 bridgehead atoms. The molecule has 1 aliphatic heterocycles. The average Bonchev–Trinajstić information content (AvgIpc) is 2.93. The van der Waals surface area contributed by atoms with Crippen LogP contribution in [0.2, 0.25) is 0 Å². The minimum Gasteiger partial charge on any atom is -0.456 e. The van der Waals surface area contributed by atoms with Gasteiger partial charge in [-0.1, -0.05) is 18.2 Å². The molecular weight excluding hydrogens is 384 g/mol. The van der Waals surface area contributed by atoms with E-state index in [1.807, 2.05) is 0 Å². The highest BCUT2D eigenvalue weighted by Crippen LogP contribution is 2.50. The van der Waals surface area contributed by atoms with Crippen LogP contribution in [0.25, 0.3) is 0 Å². The van der Waals surface area contributed by atoms with Crippen molar-refractivity contribution in [2.75, 3.05) is 0 Å². The lowest BCUT2D eigenvalue weighted by Gasteiger charge is -2.47. The molecule has 1 saturated heterocycles. The number of ether oxygens (including phenoxy) is 5. The van der Waals surface area contributed by atoms with Crippen molar-refractivity contribution in [1.29, 1.82) is 0 Å². The van der Waals surface area contributed by atoms with E-state index in [1.54, 1.807) is 30.3 Å². The highest BCUT2D eigenvalue weighted by Gasteiger charge is 2.69. The van der Waals surface area contributed by atoms with E-state index in [4.69, 9.17) is 23.7 Å². The Morgan fingerprint density at radius 2 is 1.52 bits per heavy atom. The van der Waals surface area contributed by atoms with Crippen LogP contribution in [-0.2, 0) is 38.1 Å². The first-order valence-corrected chi connectivity index (χ1v) is 9.18. The van der Waals surface area contributed by atoms with Gasteiger partial charge in [0.1, 0.15) is 6.10 Å². The molecule has 2 aliphatic rings. The topological polar surface area (TPSA) is 114 Å². The first kappa shape index (κ1) is 20.8. The molecule has 29 heavy (non-hydrogen) atoms.